The number of hydrogen-bond acceptors (Lipinski definition) is 4. The van der Waals surface area contributed by atoms with Crippen molar-refractivity contribution in [1.29, 1.82) is 0 Å². The summed E-state index contributed by atoms with van der Waals surface area (Å²) in [6.07, 6.45) is 1.64. The molecule has 0 radical (unpaired) electrons. The number of Topliss-reactive ketones (excluding diaryl/α,β-unsaturated/α-hetero) is 1. The monoisotopic (exact) mass is 297 g/mol. The number of carbonyl (C=O) groups is 2. The Morgan fingerprint density at radius 2 is 2.05 bits per heavy atom. The maximum absolute atomic E-state index is 12.3. The van der Waals surface area contributed by atoms with Crippen LogP contribution in [0.3, 0.4) is 0 Å². The van der Waals surface area contributed by atoms with Crippen LogP contribution in [0, 0.1) is 6.92 Å². The summed E-state index contributed by atoms with van der Waals surface area (Å²) in [6, 6.07) is 6.84. The highest BCUT2D eigenvalue weighted by atomic mass is 16.3. The van der Waals surface area contributed by atoms with E-state index in [1.54, 1.807) is 49.0 Å². The first-order chi connectivity index (χ1) is 10.4. The van der Waals surface area contributed by atoms with E-state index in [0.717, 1.165) is 0 Å². The number of nitrogens with one attached hydrogen (secondary N) is 1. The van der Waals surface area contributed by atoms with Gasteiger partial charge in [0, 0.05) is 31.4 Å². The molecule has 6 heteroatoms. The number of fused-ring (bicyclic) bond motifs is 1. The van der Waals surface area contributed by atoms with Crippen molar-refractivity contribution in [3.05, 3.63) is 47.6 Å². The Morgan fingerprint density at radius 3 is 2.73 bits per heavy atom. The summed E-state index contributed by atoms with van der Waals surface area (Å²) in [4.78, 5) is 27.9. The largest absolute Gasteiger partial charge is 0.441 e. The lowest BCUT2D eigenvalue weighted by Crippen LogP contribution is -2.15. The van der Waals surface area contributed by atoms with Crippen molar-refractivity contribution >= 4 is 28.5 Å². The molecule has 3 rings (SSSR count). The molecule has 1 N–H and O–H groups in total. The van der Waals surface area contributed by atoms with Crippen molar-refractivity contribution in [1.82, 2.24) is 9.55 Å². The first-order valence-electron chi connectivity index (χ1n) is 6.80. The second-order valence-corrected chi connectivity index (χ2v) is 5.15. The van der Waals surface area contributed by atoms with E-state index >= 15 is 0 Å². The van der Waals surface area contributed by atoms with Crippen LogP contribution in [0.2, 0.25) is 0 Å². The number of hydrogen-bond donors (Lipinski definition) is 1. The smallest absolute Gasteiger partial charge is 0.272 e. The van der Waals surface area contributed by atoms with Crippen LogP contribution in [0.4, 0.5) is 5.69 Å². The predicted molar refractivity (Wildman–Crippen MR) is 82.1 cm³/mol. The number of oxazole rings is 1. The van der Waals surface area contributed by atoms with Crippen LogP contribution in [0.15, 0.2) is 34.9 Å². The normalized spacial score (nSPS) is 10.9. The van der Waals surface area contributed by atoms with Crippen LogP contribution in [0.1, 0.15) is 33.7 Å². The predicted octanol–water partition coefficient (Wildman–Crippen LogP) is 2.93. The summed E-state index contributed by atoms with van der Waals surface area (Å²) in [5.74, 6) is 0.218. The molecule has 0 bridgehead atoms. The maximum Gasteiger partial charge on any atom is 0.272 e. The molecule has 22 heavy (non-hydrogen) atoms. The molecular formula is C16H15N3O3. The summed E-state index contributed by atoms with van der Waals surface area (Å²) < 4.78 is 7.03. The zero-order valence-electron chi connectivity index (χ0n) is 12.5. The Kier molecular flexibility index (Phi) is 3.29. The van der Waals surface area contributed by atoms with Gasteiger partial charge in [-0.25, -0.2) is 4.98 Å². The number of ketones is 1. The third kappa shape index (κ3) is 2.50. The van der Waals surface area contributed by atoms with E-state index in [2.05, 4.69) is 10.3 Å². The molecule has 6 nitrogen and oxygen atoms in total. The number of nitrogens with zero attached hydrogens (tertiary/aromatic N) is 2. The molecule has 1 aromatic carbocycles. The fraction of sp³-hybridized carbons (Fsp3) is 0.188. The fourth-order valence-electron chi connectivity index (χ4n) is 2.30. The van der Waals surface area contributed by atoms with Crippen molar-refractivity contribution in [2.24, 2.45) is 7.05 Å². The van der Waals surface area contributed by atoms with E-state index < -0.39 is 0 Å². The number of amides is 1. The second-order valence-electron chi connectivity index (χ2n) is 5.15. The molecule has 112 valence electrons. The third-order valence-corrected chi connectivity index (χ3v) is 3.40. The summed E-state index contributed by atoms with van der Waals surface area (Å²) in [6.45, 7) is 3.24. The quantitative estimate of drug-likeness (QED) is 0.754. The van der Waals surface area contributed by atoms with Crippen LogP contribution < -0.4 is 5.32 Å². The highest BCUT2D eigenvalue weighted by Gasteiger charge is 2.14. The zero-order chi connectivity index (χ0) is 15.9. The molecule has 0 aliphatic heterocycles. The summed E-state index contributed by atoms with van der Waals surface area (Å²) in [7, 11) is 1.73. The first-order valence-corrected chi connectivity index (χ1v) is 6.80. The van der Waals surface area contributed by atoms with Gasteiger partial charge in [-0.05, 0) is 31.2 Å². The zero-order valence-corrected chi connectivity index (χ0v) is 12.5. The van der Waals surface area contributed by atoms with E-state index in [1.807, 2.05) is 0 Å². The SMILES string of the molecule is CC(=O)c1cc(C(=O)Nc2ccc3oc(C)nc3c2)n(C)c1. The van der Waals surface area contributed by atoms with Crippen LogP contribution in [-0.2, 0) is 7.05 Å². The molecule has 2 heterocycles. The molecule has 0 unspecified atom stereocenters. The highest BCUT2D eigenvalue weighted by Crippen LogP contribution is 2.20. The Morgan fingerprint density at radius 1 is 1.27 bits per heavy atom. The van der Waals surface area contributed by atoms with Gasteiger partial charge >= 0.3 is 0 Å². The van der Waals surface area contributed by atoms with E-state index in [9.17, 15) is 9.59 Å². The van der Waals surface area contributed by atoms with Crippen molar-refractivity contribution in [3.8, 4) is 0 Å². The standard InChI is InChI=1S/C16H15N3O3/c1-9(20)11-6-14(19(3)8-11)16(21)18-12-4-5-15-13(7-12)17-10(2)22-15/h4-8H,1-3H3,(H,18,21). The lowest BCUT2D eigenvalue weighted by atomic mass is 10.2. The van der Waals surface area contributed by atoms with Gasteiger partial charge in [0.2, 0.25) is 0 Å². The van der Waals surface area contributed by atoms with Gasteiger partial charge in [-0.2, -0.15) is 0 Å². The molecule has 3 aromatic rings. The highest BCUT2D eigenvalue weighted by molar-refractivity contribution is 6.06. The van der Waals surface area contributed by atoms with Gasteiger partial charge < -0.3 is 14.3 Å². The van der Waals surface area contributed by atoms with Gasteiger partial charge in [0.1, 0.15) is 11.2 Å². The van der Waals surface area contributed by atoms with E-state index in [0.29, 0.717) is 33.9 Å². The molecule has 0 saturated carbocycles. The molecule has 0 spiro atoms. The Balaban J connectivity index is 1.87. The molecular weight excluding hydrogens is 282 g/mol. The minimum atomic E-state index is -0.283. The number of rotatable bonds is 3. The maximum atomic E-state index is 12.3. The van der Waals surface area contributed by atoms with Crippen LogP contribution in [0.5, 0.6) is 0 Å². The minimum Gasteiger partial charge on any atom is -0.441 e. The molecule has 0 aliphatic carbocycles. The van der Waals surface area contributed by atoms with Crippen LogP contribution in [-0.4, -0.2) is 21.2 Å². The first kappa shape index (κ1) is 14.1. The number of aromatic nitrogens is 2. The topological polar surface area (TPSA) is 77.1 Å². The van der Waals surface area contributed by atoms with Crippen molar-refractivity contribution in [2.75, 3.05) is 5.32 Å². The number of carbonyl (C=O) groups excluding carboxylic acids is 2. The van der Waals surface area contributed by atoms with Gasteiger partial charge in [-0.1, -0.05) is 0 Å². The lowest BCUT2D eigenvalue weighted by molar-refractivity contribution is 0.101. The molecule has 0 saturated heterocycles. The van der Waals surface area contributed by atoms with E-state index in [-0.39, 0.29) is 11.7 Å². The Bertz CT molecular complexity index is 889. The van der Waals surface area contributed by atoms with Crippen LogP contribution >= 0.6 is 0 Å². The van der Waals surface area contributed by atoms with Gasteiger partial charge in [-0.3, -0.25) is 9.59 Å². The Hall–Kier alpha value is -2.89. The van der Waals surface area contributed by atoms with Gasteiger partial charge in [-0.15, -0.1) is 0 Å². The van der Waals surface area contributed by atoms with Gasteiger partial charge in [0.05, 0.1) is 0 Å². The molecule has 0 atom stereocenters. The lowest BCUT2D eigenvalue weighted by Gasteiger charge is -2.05. The number of anilines is 1. The molecule has 1 amide bonds. The van der Waals surface area contributed by atoms with Gasteiger partial charge in [0.25, 0.3) is 5.91 Å². The van der Waals surface area contributed by atoms with Gasteiger partial charge in [0.15, 0.2) is 17.3 Å². The van der Waals surface area contributed by atoms with Crippen molar-refractivity contribution < 1.29 is 14.0 Å². The molecule has 2 aromatic heterocycles. The number of benzene rings is 1. The molecule has 0 fully saturated rings. The van der Waals surface area contributed by atoms with E-state index in [4.69, 9.17) is 4.42 Å². The summed E-state index contributed by atoms with van der Waals surface area (Å²) in [5, 5.41) is 2.80. The minimum absolute atomic E-state index is 0.0749. The average Bonchev–Trinajstić information content (AvgIpc) is 3.00. The summed E-state index contributed by atoms with van der Waals surface area (Å²) >= 11 is 0. The third-order valence-electron chi connectivity index (χ3n) is 3.40. The molecule has 0 aliphatic rings. The fourth-order valence-corrected chi connectivity index (χ4v) is 2.30. The van der Waals surface area contributed by atoms with E-state index in [1.165, 1.54) is 6.92 Å². The second kappa shape index (κ2) is 5.14. The van der Waals surface area contributed by atoms with Crippen LogP contribution in [0.25, 0.3) is 11.1 Å². The van der Waals surface area contributed by atoms with Crippen molar-refractivity contribution in [2.45, 2.75) is 13.8 Å². The number of aryl methyl sites for hydroxylation is 2. The average molecular weight is 297 g/mol. The summed E-state index contributed by atoms with van der Waals surface area (Å²) in [5.41, 5.74) is 2.91. The van der Waals surface area contributed by atoms with Crippen molar-refractivity contribution in [3.63, 3.8) is 0 Å². The Labute approximate surface area is 126 Å².